The number of benzene rings is 2. The maximum absolute atomic E-state index is 13.1. The predicted molar refractivity (Wildman–Crippen MR) is 73.5 cm³/mol. The largest absolute Gasteiger partial charge is 0.434 e. The van der Waals surface area contributed by atoms with Crippen LogP contribution in [0.3, 0.4) is 0 Å². The van der Waals surface area contributed by atoms with Crippen LogP contribution in [0.25, 0.3) is 0 Å². The van der Waals surface area contributed by atoms with E-state index in [1.165, 1.54) is 24.3 Å². The Morgan fingerprint density at radius 2 is 1.65 bits per heavy atom. The molecule has 2 aromatic rings. The first-order valence-corrected chi connectivity index (χ1v) is 7.75. The summed E-state index contributed by atoms with van der Waals surface area (Å²) in [5.74, 6) is -2.30. The van der Waals surface area contributed by atoms with Crippen molar-refractivity contribution in [3.8, 4) is 5.75 Å². The fraction of sp³-hybridized carbons (Fsp3) is 0.143. The van der Waals surface area contributed by atoms with E-state index in [1.807, 2.05) is 0 Å². The molecule has 0 aliphatic rings. The molecule has 9 heteroatoms. The summed E-state index contributed by atoms with van der Waals surface area (Å²) in [5, 5.41) is 0. The number of alkyl halides is 2. The molecule has 124 valence electrons. The summed E-state index contributed by atoms with van der Waals surface area (Å²) in [4.78, 5) is -0.609. The van der Waals surface area contributed by atoms with Crippen molar-refractivity contribution in [2.75, 3.05) is 0 Å². The van der Waals surface area contributed by atoms with Crippen molar-refractivity contribution in [1.29, 1.82) is 0 Å². The number of hydrogen-bond donors (Lipinski definition) is 1. The molecule has 2 aromatic carbocycles. The minimum absolute atomic E-state index is 0.147. The summed E-state index contributed by atoms with van der Waals surface area (Å²) in [5.41, 5.74) is 0.147. The van der Waals surface area contributed by atoms with E-state index < -0.39 is 33.2 Å². The van der Waals surface area contributed by atoms with E-state index in [2.05, 4.69) is 9.46 Å². The standard InChI is InChI=1S/C14H11F4NO3S/c15-10-5-11(16)7-12(6-10)23(20,21)19-8-9-3-1-2-4-13(9)22-14(17)18/h1-7,14,19H,8H2. The molecule has 0 aliphatic carbocycles. The van der Waals surface area contributed by atoms with Crippen LogP contribution < -0.4 is 9.46 Å². The Morgan fingerprint density at radius 3 is 2.26 bits per heavy atom. The van der Waals surface area contributed by atoms with Gasteiger partial charge in [0.25, 0.3) is 0 Å². The fourth-order valence-electron chi connectivity index (χ4n) is 1.80. The molecule has 0 heterocycles. The summed E-state index contributed by atoms with van der Waals surface area (Å²) in [6.07, 6.45) is 0. The third-order valence-corrected chi connectivity index (χ3v) is 4.17. The van der Waals surface area contributed by atoms with Crippen molar-refractivity contribution >= 4 is 10.0 Å². The number of hydrogen-bond acceptors (Lipinski definition) is 3. The summed E-state index contributed by atoms with van der Waals surface area (Å²) >= 11 is 0. The normalized spacial score (nSPS) is 11.7. The highest BCUT2D eigenvalue weighted by Gasteiger charge is 2.17. The third-order valence-electron chi connectivity index (χ3n) is 2.79. The van der Waals surface area contributed by atoms with Crippen LogP contribution >= 0.6 is 0 Å². The Balaban J connectivity index is 2.20. The topological polar surface area (TPSA) is 55.4 Å². The lowest BCUT2D eigenvalue weighted by molar-refractivity contribution is -0.0504. The molecular formula is C14H11F4NO3S. The van der Waals surface area contributed by atoms with E-state index in [0.717, 1.165) is 0 Å². The Kier molecular flexibility index (Phi) is 5.22. The van der Waals surface area contributed by atoms with Crippen molar-refractivity contribution in [2.24, 2.45) is 0 Å². The molecule has 0 atom stereocenters. The highest BCUT2D eigenvalue weighted by atomic mass is 32.2. The van der Waals surface area contributed by atoms with Gasteiger partial charge in [0.2, 0.25) is 10.0 Å². The molecule has 23 heavy (non-hydrogen) atoms. The Hall–Kier alpha value is -2.13. The molecule has 0 aromatic heterocycles. The molecule has 0 unspecified atom stereocenters. The number of halogens is 4. The van der Waals surface area contributed by atoms with Crippen LogP contribution in [0.4, 0.5) is 17.6 Å². The van der Waals surface area contributed by atoms with Gasteiger partial charge in [-0.1, -0.05) is 18.2 Å². The van der Waals surface area contributed by atoms with Crippen LogP contribution in [0.1, 0.15) is 5.56 Å². The van der Waals surface area contributed by atoms with Gasteiger partial charge in [0, 0.05) is 18.2 Å². The molecule has 0 fully saturated rings. The Morgan fingerprint density at radius 1 is 1.04 bits per heavy atom. The van der Waals surface area contributed by atoms with E-state index in [0.29, 0.717) is 18.2 Å². The van der Waals surface area contributed by atoms with E-state index in [-0.39, 0.29) is 17.9 Å². The van der Waals surface area contributed by atoms with E-state index in [1.54, 1.807) is 0 Å². The fourth-order valence-corrected chi connectivity index (χ4v) is 2.85. The van der Waals surface area contributed by atoms with Gasteiger partial charge in [-0.15, -0.1) is 0 Å². The lowest BCUT2D eigenvalue weighted by Crippen LogP contribution is -2.24. The average molecular weight is 349 g/mol. The number of rotatable bonds is 6. The molecule has 0 saturated carbocycles. The van der Waals surface area contributed by atoms with Crippen LogP contribution in [0.15, 0.2) is 47.4 Å². The van der Waals surface area contributed by atoms with Gasteiger partial charge in [-0.2, -0.15) is 8.78 Å². The molecule has 0 saturated heterocycles. The number of para-hydroxylation sites is 1. The second-order valence-corrected chi connectivity index (χ2v) is 6.18. The third kappa shape index (κ3) is 4.67. The predicted octanol–water partition coefficient (Wildman–Crippen LogP) is 3.04. The summed E-state index contributed by atoms with van der Waals surface area (Å²) in [6.45, 7) is -3.45. The van der Waals surface area contributed by atoms with Gasteiger partial charge in [0.1, 0.15) is 17.4 Å². The molecule has 0 aliphatic heterocycles. The van der Waals surface area contributed by atoms with Gasteiger partial charge >= 0.3 is 6.61 Å². The average Bonchev–Trinajstić information content (AvgIpc) is 2.45. The van der Waals surface area contributed by atoms with E-state index in [4.69, 9.17) is 0 Å². The number of ether oxygens (including phenoxy) is 1. The minimum Gasteiger partial charge on any atom is -0.434 e. The first kappa shape index (κ1) is 17.2. The molecule has 2 rings (SSSR count). The van der Waals surface area contributed by atoms with Crippen LogP contribution in [0.2, 0.25) is 0 Å². The van der Waals surface area contributed by atoms with E-state index in [9.17, 15) is 26.0 Å². The quantitative estimate of drug-likeness (QED) is 0.816. The van der Waals surface area contributed by atoms with Gasteiger partial charge < -0.3 is 4.74 Å². The second kappa shape index (κ2) is 6.97. The van der Waals surface area contributed by atoms with Gasteiger partial charge in [-0.05, 0) is 18.2 Å². The first-order valence-electron chi connectivity index (χ1n) is 6.26. The van der Waals surface area contributed by atoms with Crippen molar-refractivity contribution < 1.29 is 30.7 Å². The van der Waals surface area contributed by atoms with Crippen LogP contribution in [0, 0.1) is 11.6 Å². The zero-order chi connectivity index (χ0) is 17.0. The smallest absolute Gasteiger partial charge is 0.387 e. The van der Waals surface area contributed by atoms with Crippen LogP contribution in [0.5, 0.6) is 5.75 Å². The molecule has 4 nitrogen and oxygen atoms in total. The molecule has 0 amide bonds. The number of sulfonamides is 1. The summed E-state index contributed by atoms with van der Waals surface area (Å²) in [6, 6.07) is 7.40. The summed E-state index contributed by atoms with van der Waals surface area (Å²) < 4.78 is 81.1. The van der Waals surface area contributed by atoms with Crippen LogP contribution in [-0.2, 0) is 16.6 Å². The van der Waals surface area contributed by atoms with Gasteiger partial charge in [-0.25, -0.2) is 21.9 Å². The lowest BCUT2D eigenvalue weighted by atomic mass is 10.2. The second-order valence-electron chi connectivity index (χ2n) is 4.42. The molecular weight excluding hydrogens is 338 g/mol. The first-order chi connectivity index (χ1) is 10.8. The summed E-state index contributed by atoms with van der Waals surface area (Å²) in [7, 11) is -4.22. The van der Waals surface area contributed by atoms with Gasteiger partial charge in [-0.3, -0.25) is 0 Å². The van der Waals surface area contributed by atoms with E-state index >= 15 is 0 Å². The molecule has 1 N–H and O–H groups in total. The maximum Gasteiger partial charge on any atom is 0.387 e. The minimum atomic E-state index is -4.22. The number of nitrogens with one attached hydrogen (secondary N) is 1. The van der Waals surface area contributed by atoms with Gasteiger partial charge in [0.15, 0.2) is 0 Å². The Labute approximate surface area is 129 Å². The van der Waals surface area contributed by atoms with Crippen molar-refractivity contribution in [2.45, 2.75) is 18.1 Å². The molecule has 0 spiro atoms. The highest BCUT2D eigenvalue weighted by Crippen LogP contribution is 2.21. The van der Waals surface area contributed by atoms with Crippen molar-refractivity contribution in [3.63, 3.8) is 0 Å². The Bertz CT molecular complexity index is 776. The van der Waals surface area contributed by atoms with Crippen LogP contribution in [-0.4, -0.2) is 15.0 Å². The molecule has 0 radical (unpaired) electrons. The monoisotopic (exact) mass is 349 g/mol. The maximum atomic E-state index is 13.1. The molecule has 0 bridgehead atoms. The zero-order valence-corrected chi connectivity index (χ0v) is 12.3. The van der Waals surface area contributed by atoms with Crippen molar-refractivity contribution in [3.05, 3.63) is 59.7 Å². The highest BCUT2D eigenvalue weighted by molar-refractivity contribution is 7.89. The van der Waals surface area contributed by atoms with Crippen molar-refractivity contribution in [1.82, 2.24) is 4.72 Å². The zero-order valence-electron chi connectivity index (χ0n) is 11.5. The lowest BCUT2D eigenvalue weighted by Gasteiger charge is -2.12. The SMILES string of the molecule is O=S(=O)(NCc1ccccc1OC(F)F)c1cc(F)cc(F)c1. The van der Waals surface area contributed by atoms with Gasteiger partial charge in [0.05, 0.1) is 4.90 Å².